The van der Waals surface area contributed by atoms with Gasteiger partial charge in [-0.3, -0.25) is 0 Å². The third kappa shape index (κ3) is 3.37. The molecule has 1 unspecified atom stereocenters. The minimum atomic E-state index is 0.151. The van der Waals surface area contributed by atoms with Crippen molar-refractivity contribution < 1.29 is 9.15 Å². The molecule has 1 N–H and O–H groups in total. The van der Waals surface area contributed by atoms with Crippen molar-refractivity contribution >= 4 is 15.9 Å². The van der Waals surface area contributed by atoms with Gasteiger partial charge in [0.05, 0.1) is 23.4 Å². The van der Waals surface area contributed by atoms with Crippen LogP contribution in [0.1, 0.15) is 18.2 Å². The van der Waals surface area contributed by atoms with E-state index in [4.69, 9.17) is 9.15 Å². The van der Waals surface area contributed by atoms with E-state index in [9.17, 15) is 0 Å². The second kappa shape index (κ2) is 6.61. The summed E-state index contributed by atoms with van der Waals surface area (Å²) >= 11 is 3.47. The number of hydrogen-bond acceptors (Lipinski definition) is 3. The molecule has 1 heterocycles. The van der Waals surface area contributed by atoms with Crippen molar-refractivity contribution in [2.75, 3.05) is 13.7 Å². The highest BCUT2D eigenvalue weighted by atomic mass is 79.9. The van der Waals surface area contributed by atoms with Gasteiger partial charge in [0.15, 0.2) is 0 Å². The maximum absolute atomic E-state index is 5.68. The van der Waals surface area contributed by atoms with Crippen LogP contribution in [-0.2, 0) is 0 Å². The van der Waals surface area contributed by atoms with E-state index in [1.807, 2.05) is 43.4 Å². The molecule has 18 heavy (non-hydrogen) atoms. The van der Waals surface area contributed by atoms with Gasteiger partial charge < -0.3 is 14.5 Å². The van der Waals surface area contributed by atoms with E-state index in [2.05, 4.69) is 21.2 Å². The first kappa shape index (κ1) is 13.2. The molecule has 0 saturated carbocycles. The smallest absolute Gasteiger partial charge is 0.134 e. The number of ether oxygens (including phenoxy) is 1. The highest BCUT2D eigenvalue weighted by Gasteiger charge is 2.15. The van der Waals surface area contributed by atoms with E-state index in [-0.39, 0.29) is 6.04 Å². The van der Waals surface area contributed by atoms with Gasteiger partial charge in [-0.1, -0.05) is 18.2 Å². The van der Waals surface area contributed by atoms with Crippen LogP contribution in [0.4, 0.5) is 0 Å². The van der Waals surface area contributed by atoms with Gasteiger partial charge in [0.25, 0.3) is 0 Å². The van der Waals surface area contributed by atoms with Crippen molar-refractivity contribution in [1.29, 1.82) is 0 Å². The van der Waals surface area contributed by atoms with Gasteiger partial charge in [0.2, 0.25) is 0 Å². The fourth-order valence-electron chi connectivity index (χ4n) is 1.77. The Labute approximate surface area is 115 Å². The van der Waals surface area contributed by atoms with Crippen LogP contribution in [0, 0.1) is 0 Å². The number of hydrogen-bond donors (Lipinski definition) is 1. The van der Waals surface area contributed by atoms with Crippen LogP contribution in [-0.4, -0.2) is 13.7 Å². The molecule has 3 nitrogen and oxygen atoms in total. The Morgan fingerprint density at radius 3 is 2.67 bits per heavy atom. The molecule has 0 aliphatic carbocycles. The van der Waals surface area contributed by atoms with Crippen molar-refractivity contribution in [3.05, 3.63) is 52.9 Å². The fraction of sp³-hybridized carbons (Fsp3) is 0.286. The average Bonchev–Trinajstić information content (AvgIpc) is 2.82. The SMILES string of the molecule is CNC(CCOc1ccccc1)c1occc1Br. The second-order valence-electron chi connectivity index (χ2n) is 3.92. The molecule has 0 amide bonds. The summed E-state index contributed by atoms with van der Waals surface area (Å²) < 4.78 is 12.1. The quantitative estimate of drug-likeness (QED) is 0.882. The Bertz CT molecular complexity index is 470. The first-order chi connectivity index (χ1) is 8.81. The molecule has 2 aromatic rings. The summed E-state index contributed by atoms with van der Waals surface area (Å²) in [6, 6.07) is 11.9. The predicted octanol–water partition coefficient (Wildman–Crippen LogP) is 3.77. The van der Waals surface area contributed by atoms with Gasteiger partial charge >= 0.3 is 0 Å². The first-order valence-electron chi connectivity index (χ1n) is 5.89. The van der Waals surface area contributed by atoms with Crippen molar-refractivity contribution in [3.63, 3.8) is 0 Å². The average molecular weight is 310 g/mol. The summed E-state index contributed by atoms with van der Waals surface area (Å²) in [5.74, 6) is 1.81. The van der Waals surface area contributed by atoms with E-state index in [1.54, 1.807) is 6.26 Å². The maximum atomic E-state index is 5.68. The van der Waals surface area contributed by atoms with Crippen LogP contribution in [0.25, 0.3) is 0 Å². The number of halogens is 1. The van der Waals surface area contributed by atoms with Crippen LogP contribution in [0.2, 0.25) is 0 Å². The van der Waals surface area contributed by atoms with E-state index in [0.717, 1.165) is 22.4 Å². The first-order valence-corrected chi connectivity index (χ1v) is 6.68. The molecule has 96 valence electrons. The molecule has 1 atom stereocenters. The maximum Gasteiger partial charge on any atom is 0.134 e. The van der Waals surface area contributed by atoms with E-state index < -0.39 is 0 Å². The van der Waals surface area contributed by atoms with E-state index in [1.165, 1.54) is 0 Å². The van der Waals surface area contributed by atoms with Crippen molar-refractivity contribution in [1.82, 2.24) is 5.32 Å². The minimum Gasteiger partial charge on any atom is -0.494 e. The number of benzene rings is 1. The third-order valence-electron chi connectivity index (χ3n) is 2.73. The molecule has 0 aliphatic heterocycles. The van der Waals surface area contributed by atoms with Crippen molar-refractivity contribution in [2.24, 2.45) is 0 Å². The molecule has 1 aromatic heterocycles. The predicted molar refractivity (Wildman–Crippen MR) is 74.8 cm³/mol. The Morgan fingerprint density at radius 2 is 2.06 bits per heavy atom. The highest BCUT2D eigenvalue weighted by molar-refractivity contribution is 9.10. The molecular formula is C14H16BrNO2. The zero-order valence-electron chi connectivity index (χ0n) is 10.2. The minimum absolute atomic E-state index is 0.151. The molecule has 0 fully saturated rings. The van der Waals surface area contributed by atoms with Gasteiger partial charge in [-0.25, -0.2) is 0 Å². The zero-order valence-corrected chi connectivity index (χ0v) is 11.8. The topological polar surface area (TPSA) is 34.4 Å². The number of para-hydroxylation sites is 1. The monoisotopic (exact) mass is 309 g/mol. The molecule has 0 radical (unpaired) electrons. The summed E-state index contributed by atoms with van der Waals surface area (Å²) in [5.41, 5.74) is 0. The summed E-state index contributed by atoms with van der Waals surface area (Å²) in [6.45, 7) is 0.642. The Kier molecular flexibility index (Phi) is 4.84. The molecule has 4 heteroatoms. The number of nitrogens with one attached hydrogen (secondary N) is 1. The van der Waals surface area contributed by atoms with Gasteiger partial charge in [-0.05, 0) is 41.2 Å². The Hall–Kier alpha value is -1.26. The molecule has 0 aliphatic rings. The lowest BCUT2D eigenvalue weighted by molar-refractivity contribution is 0.278. The van der Waals surface area contributed by atoms with Crippen LogP contribution >= 0.6 is 15.9 Å². The van der Waals surface area contributed by atoms with E-state index >= 15 is 0 Å². The lowest BCUT2D eigenvalue weighted by atomic mass is 10.1. The fourth-order valence-corrected chi connectivity index (χ4v) is 2.25. The number of furan rings is 1. The summed E-state index contributed by atoms with van der Waals surface area (Å²) in [4.78, 5) is 0. The molecular weight excluding hydrogens is 294 g/mol. The zero-order chi connectivity index (χ0) is 12.8. The lowest BCUT2D eigenvalue weighted by Gasteiger charge is -2.14. The molecule has 2 rings (SSSR count). The van der Waals surface area contributed by atoms with Crippen LogP contribution in [0.5, 0.6) is 5.75 Å². The van der Waals surface area contributed by atoms with E-state index in [0.29, 0.717) is 6.61 Å². The summed E-state index contributed by atoms with van der Waals surface area (Å²) in [7, 11) is 1.92. The van der Waals surface area contributed by atoms with Crippen LogP contribution < -0.4 is 10.1 Å². The molecule has 0 spiro atoms. The standard InChI is InChI=1S/C14H16BrNO2/c1-16-13(14-12(15)7-9-18-14)8-10-17-11-5-3-2-4-6-11/h2-7,9,13,16H,8,10H2,1H3. The normalized spacial score (nSPS) is 12.3. The second-order valence-corrected chi connectivity index (χ2v) is 4.78. The molecule has 0 saturated heterocycles. The summed E-state index contributed by atoms with van der Waals surface area (Å²) in [6.07, 6.45) is 2.53. The molecule has 0 bridgehead atoms. The Morgan fingerprint density at radius 1 is 1.28 bits per heavy atom. The van der Waals surface area contributed by atoms with Crippen LogP contribution in [0.15, 0.2) is 51.6 Å². The van der Waals surface area contributed by atoms with Gasteiger partial charge in [-0.2, -0.15) is 0 Å². The lowest BCUT2D eigenvalue weighted by Crippen LogP contribution is -2.18. The summed E-state index contributed by atoms with van der Waals surface area (Å²) in [5, 5.41) is 3.23. The van der Waals surface area contributed by atoms with Crippen LogP contribution in [0.3, 0.4) is 0 Å². The van der Waals surface area contributed by atoms with Gasteiger partial charge in [0.1, 0.15) is 11.5 Å². The Balaban J connectivity index is 1.87. The third-order valence-corrected chi connectivity index (χ3v) is 3.38. The van der Waals surface area contributed by atoms with Gasteiger partial charge in [0, 0.05) is 6.42 Å². The molecule has 1 aromatic carbocycles. The van der Waals surface area contributed by atoms with Crippen molar-refractivity contribution in [3.8, 4) is 5.75 Å². The van der Waals surface area contributed by atoms with Gasteiger partial charge in [-0.15, -0.1) is 0 Å². The largest absolute Gasteiger partial charge is 0.494 e. The highest BCUT2D eigenvalue weighted by Crippen LogP contribution is 2.26. The van der Waals surface area contributed by atoms with Crippen molar-refractivity contribution in [2.45, 2.75) is 12.5 Å². The number of rotatable bonds is 6.